The summed E-state index contributed by atoms with van der Waals surface area (Å²) in [7, 11) is 0. The zero-order chi connectivity index (χ0) is 23.9. The Balaban J connectivity index is 1.47. The van der Waals surface area contributed by atoms with Crippen LogP contribution in [-0.4, -0.2) is 49.5 Å². The van der Waals surface area contributed by atoms with E-state index < -0.39 is 6.10 Å². The highest BCUT2D eigenvalue weighted by Gasteiger charge is 2.29. The molecule has 6 rings (SSSR count). The second kappa shape index (κ2) is 8.66. The second-order valence-corrected chi connectivity index (χ2v) is 9.29. The number of amides is 1. The summed E-state index contributed by atoms with van der Waals surface area (Å²) in [5, 5.41) is 18.9. The fraction of sp³-hybridized carbons (Fsp3) is 0.308. The minimum absolute atomic E-state index is 0.0104. The van der Waals surface area contributed by atoms with Crippen LogP contribution in [0.4, 0.5) is 11.8 Å². The van der Waals surface area contributed by atoms with Crippen LogP contribution in [-0.2, 0) is 13.1 Å². The number of carbonyl (C=O) groups is 1. The molecule has 4 heterocycles. The van der Waals surface area contributed by atoms with Gasteiger partial charge in [0.15, 0.2) is 0 Å². The fourth-order valence-corrected chi connectivity index (χ4v) is 5.10. The molecule has 4 aromatic rings. The molecule has 2 aliphatic rings. The quantitative estimate of drug-likeness (QED) is 0.409. The van der Waals surface area contributed by atoms with E-state index in [1.54, 1.807) is 24.3 Å². The molecule has 1 unspecified atom stereocenters. The van der Waals surface area contributed by atoms with Crippen LogP contribution in [0.5, 0.6) is 0 Å². The van der Waals surface area contributed by atoms with E-state index in [9.17, 15) is 14.7 Å². The molecule has 2 atom stereocenters. The van der Waals surface area contributed by atoms with Crippen molar-refractivity contribution in [3.63, 3.8) is 0 Å². The zero-order valence-corrected chi connectivity index (χ0v) is 19.2. The van der Waals surface area contributed by atoms with Gasteiger partial charge in [0.05, 0.1) is 30.2 Å². The van der Waals surface area contributed by atoms with Gasteiger partial charge in [0, 0.05) is 30.6 Å². The SMILES string of the molecule is O=C1Nc2nc3ccccc3n2CC(O)[C@H]2CCCN(C2)c2ccc(=O)n(n2)Cc2cccc1c2. The van der Waals surface area contributed by atoms with E-state index in [1.165, 1.54) is 10.7 Å². The van der Waals surface area contributed by atoms with Gasteiger partial charge in [-0.25, -0.2) is 9.67 Å². The van der Waals surface area contributed by atoms with Gasteiger partial charge in [-0.05, 0) is 48.7 Å². The lowest BCUT2D eigenvalue weighted by Crippen LogP contribution is -2.43. The van der Waals surface area contributed by atoms with E-state index in [-0.39, 0.29) is 23.9 Å². The molecule has 1 amide bonds. The Bertz CT molecular complexity index is 1480. The number of carbonyl (C=O) groups excluding carboxylic acids is 1. The molecule has 178 valence electrons. The predicted octanol–water partition coefficient (Wildman–Crippen LogP) is 2.48. The van der Waals surface area contributed by atoms with Gasteiger partial charge in [0.1, 0.15) is 5.82 Å². The van der Waals surface area contributed by atoms with Crippen LogP contribution in [0, 0.1) is 5.92 Å². The van der Waals surface area contributed by atoms with Crippen LogP contribution in [0.15, 0.2) is 65.5 Å². The number of rotatable bonds is 0. The number of aliphatic hydroxyl groups excluding tert-OH is 1. The molecule has 1 saturated heterocycles. The van der Waals surface area contributed by atoms with Gasteiger partial charge in [-0.15, -0.1) is 0 Å². The maximum atomic E-state index is 13.2. The Labute approximate surface area is 201 Å². The highest BCUT2D eigenvalue weighted by atomic mass is 16.3. The first-order valence-electron chi connectivity index (χ1n) is 11.9. The Morgan fingerprint density at radius 3 is 2.80 bits per heavy atom. The molecular weight excluding hydrogens is 444 g/mol. The lowest BCUT2D eigenvalue weighted by Gasteiger charge is -2.36. The number of anilines is 2. The number of fused-ring (bicyclic) bond motifs is 10. The smallest absolute Gasteiger partial charge is 0.267 e. The summed E-state index contributed by atoms with van der Waals surface area (Å²) in [6.07, 6.45) is 1.16. The highest BCUT2D eigenvalue weighted by molar-refractivity contribution is 6.04. The monoisotopic (exact) mass is 470 g/mol. The summed E-state index contributed by atoms with van der Waals surface area (Å²) in [6.45, 7) is 2.02. The first-order valence-corrected chi connectivity index (χ1v) is 11.9. The molecule has 2 aromatic heterocycles. The van der Waals surface area contributed by atoms with Crippen molar-refractivity contribution in [2.75, 3.05) is 23.3 Å². The van der Waals surface area contributed by atoms with E-state index in [1.807, 2.05) is 34.9 Å². The topological polar surface area (TPSA) is 105 Å². The molecule has 9 heteroatoms. The second-order valence-electron chi connectivity index (χ2n) is 9.29. The van der Waals surface area contributed by atoms with Gasteiger partial charge >= 0.3 is 0 Å². The zero-order valence-electron chi connectivity index (χ0n) is 19.2. The van der Waals surface area contributed by atoms with Gasteiger partial charge in [0.25, 0.3) is 11.5 Å². The van der Waals surface area contributed by atoms with Crippen molar-refractivity contribution < 1.29 is 9.90 Å². The van der Waals surface area contributed by atoms with E-state index in [4.69, 9.17) is 0 Å². The first kappa shape index (κ1) is 21.5. The normalized spacial score (nSPS) is 20.4. The third kappa shape index (κ3) is 4.08. The Kier molecular flexibility index (Phi) is 5.33. The van der Waals surface area contributed by atoms with Crippen molar-refractivity contribution in [3.05, 3.63) is 82.1 Å². The van der Waals surface area contributed by atoms with Crippen LogP contribution < -0.4 is 15.8 Å². The van der Waals surface area contributed by atoms with E-state index >= 15 is 0 Å². The Hall–Kier alpha value is -3.98. The van der Waals surface area contributed by atoms with Crippen molar-refractivity contribution in [2.24, 2.45) is 5.92 Å². The highest BCUT2D eigenvalue weighted by Crippen LogP contribution is 2.27. The minimum atomic E-state index is -0.645. The summed E-state index contributed by atoms with van der Waals surface area (Å²) in [6, 6.07) is 18.1. The van der Waals surface area contributed by atoms with Crippen LogP contribution >= 0.6 is 0 Å². The molecule has 2 aliphatic heterocycles. The molecule has 0 saturated carbocycles. The number of para-hydroxylation sites is 2. The molecule has 2 aromatic carbocycles. The molecule has 1 fully saturated rings. The molecule has 35 heavy (non-hydrogen) atoms. The number of nitrogens with zero attached hydrogens (tertiary/aromatic N) is 5. The third-order valence-corrected chi connectivity index (χ3v) is 6.95. The summed E-state index contributed by atoms with van der Waals surface area (Å²) in [5.74, 6) is 0.832. The fourth-order valence-electron chi connectivity index (χ4n) is 5.10. The minimum Gasteiger partial charge on any atom is -0.391 e. The average molecular weight is 471 g/mol. The van der Waals surface area contributed by atoms with Gasteiger partial charge in [-0.2, -0.15) is 5.10 Å². The number of benzene rings is 2. The van der Waals surface area contributed by atoms with Crippen LogP contribution in [0.1, 0.15) is 28.8 Å². The third-order valence-electron chi connectivity index (χ3n) is 6.95. The summed E-state index contributed by atoms with van der Waals surface area (Å²) >= 11 is 0. The Morgan fingerprint density at radius 1 is 1.00 bits per heavy atom. The van der Waals surface area contributed by atoms with Crippen molar-refractivity contribution >= 4 is 28.7 Å². The number of piperidine rings is 1. The van der Waals surface area contributed by atoms with E-state index in [2.05, 4.69) is 20.3 Å². The number of hydrogen-bond acceptors (Lipinski definition) is 6. The van der Waals surface area contributed by atoms with Crippen LogP contribution in [0.2, 0.25) is 0 Å². The predicted molar refractivity (Wildman–Crippen MR) is 133 cm³/mol. The van der Waals surface area contributed by atoms with E-state index in [0.717, 1.165) is 41.8 Å². The van der Waals surface area contributed by atoms with Gasteiger partial charge < -0.3 is 14.6 Å². The largest absolute Gasteiger partial charge is 0.391 e. The molecule has 0 aliphatic carbocycles. The van der Waals surface area contributed by atoms with Crippen LogP contribution in [0.3, 0.4) is 0 Å². The first-order chi connectivity index (χ1) is 17.0. The van der Waals surface area contributed by atoms with Gasteiger partial charge in [-0.3, -0.25) is 14.9 Å². The van der Waals surface area contributed by atoms with Crippen molar-refractivity contribution in [1.29, 1.82) is 0 Å². The molecule has 0 spiro atoms. The number of aliphatic hydroxyl groups is 1. The van der Waals surface area contributed by atoms with Crippen molar-refractivity contribution in [2.45, 2.75) is 32.0 Å². The summed E-state index contributed by atoms with van der Waals surface area (Å²) < 4.78 is 3.32. The molecular formula is C26H26N6O3. The molecule has 2 N–H and O–H groups in total. The average Bonchev–Trinajstić information content (AvgIpc) is 3.21. The summed E-state index contributed by atoms with van der Waals surface area (Å²) in [4.78, 5) is 32.5. The lowest BCUT2D eigenvalue weighted by molar-refractivity contribution is 0.0825. The van der Waals surface area contributed by atoms with Gasteiger partial charge in [0.2, 0.25) is 5.95 Å². The van der Waals surface area contributed by atoms with Crippen molar-refractivity contribution in [3.8, 4) is 0 Å². The van der Waals surface area contributed by atoms with Crippen LogP contribution in [0.25, 0.3) is 11.0 Å². The molecule has 0 radical (unpaired) electrons. The number of imidazole rings is 1. The Morgan fingerprint density at radius 2 is 1.89 bits per heavy atom. The maximum absolute atomic E-state index is 13.2. The summed E-state index contributed by atoms with van der Waals surface area (Å²) in [5.41, 5.74) is 2.67. The maximum Gasteiger partial charge on any atom is 0.267 e. The van der Waals surface area contributed by atoms with Crippen molar-refractivity contribution in [1.82, 2.24) is 19.3 Å². The molecule has 9 nitrogen and oxygen atoms in total. The number of aromatic nitrogens is 4. The lowest BCUT2D eigenvalue weighted by atomic mass is 9.92. The molecule has 6 bridgehead atoms. The van der Waals surface area contributed by atoms with Gasteiger partial charge in [-0.1, -0.05) is 24.3 Å². The number of hydrogen-bond donors (Lipinski definition) is 2. The number of nitrogens with one attached hydrogen (secondary N) is 1. The standard InChI is InChI=1S/C26H26N6O3/c33-22-16-31-21-9-2-1-8-20(21)27-26(31)28-25(35)18-6-3-5-17(13-18)14-32-24(34)11-10-23(29-32)30-12-4-7-19(22)15-30/h1-3,5-6,8-11,13,19,22,33H,4,7,12,14-16H2,(H,27,28,35)/t19-,22?/m0/s1. The van der Waals surface area contributed by atoms with E-state index in [0.29, 0.717) is 24.6 Å².